The predicted octanol–water partition coefficient (Wildman–Crippen LogP) is 1.28. The zero-order chi connectivity index (χ0) is 9.40. The third-order valence-corrected chi connectivity index (χ3v) is 1.77. The van der Waals surface area contributed by atoms with Crippen molar-refractivity contribution in [3.63, 3.8) is 0 Å². The molecule has 0 aliphatic carbocycles. The highest BCUT2D eigenvalue weighted by Crippen LogP contribution is 1.93. The monoisotopic (exact) mass is 173 g/mol. The van der Waals surface area contributed by atoms with Crippen LogP contribution in [0.15, 0.2) is 0 Å². The fourth-order valence-electron chi connectivity index (χ4n) is 0.855. The number of unbranched alkanes of at least 4 members (excludes halogenated alkanes) is 1. The summed E-state index contributed by atoms with van der Waals surface area (Å²) in [5.41, 5.74) is 0. The molecule has 0 heterocycles. The summed E-state index contributed by atoms with van der Waals surface area (Å²) < 4.78 is 5.17. The lowest BCUT2D eigenvalue weighted by Crippen LogP contribution is -2.24. The van der Waals surface area contributed by atoms with E-state index in [1.807, 2.05) is 14.0 Å². The molecule has 0 saturated carbocycles. The first-order chi connectivity index (χ1) is 5.68. The largest absolute Gasteiger partial charge is 0.382 e. The Bertz CT molecular complexity index is 126. The molecule has 0 aliphatic rings. The fraction of sp³-hybridized carbons (Fsp3) is 0.889. The van der Waals surface area contributed by atoms with Crippen LogP contribution >= 0.6 is 0 Å². The molecule has 0 bridgehead atoms. The van der Waals surface area contributed by atoms with Crippen molar-refractivity contribution in [1.29, 1.82) is 0 Å². The van der Waals surface area contributed by atoms with Gasteiger partial charge in [-0.25, -0.2) is 0 Å². The molecule has 0 unspecified atom stereocenters. The summed E-state index contributed by atoms with van der Waals surface area (Å²) in [6.45, 7) is 6.00. The highest BCUT2D eigenvalue weighted by molar-refractivity contribution is 5.72. The first-order valence-corrected chi connectivity index (χ1v) is 4.48. The number of amides is 1. The summed E-state index contributed by atoms with van der Waals surface area (Å²) in [4.78, 5) is 12.5. The molecule has 0 aromatic heterocycles. The molecule has 0 aromatic rings. The maximum Gasteiger partial charge on any atom is 0.219 e. The van der Waals surface area contributed by atoms with Gasteiger partial charge in [0, 0.05) is 33.7 Å². The number of hydrogen-bond acceptors (Lipinski definition) is 2. The second kappa shape index (κ2) is 7.10. The van der Waals surface area contributed by atoms with Gasteiger partial charge in [0.25, 0.3) is 0 Å². The van der Waals surface area contributed by atoms with Crippen molar-refractivity contribution in [2.75, 3.05) is 26.8 Å². The van der Waals surface area contributed by atoms with E-state index in [0.29, 0.717) is 0 Å². The van der Waals surface area contributed by atoms with Crippen molar-refractivity contribution in [1.82, 2.24) is 4.90 Å². The van der Waals surface area contributed by atoms with Crippen LogP contribution in [-0.4, -0.2) is 37.6 Å². The minimum atomic E-state index is 0.131. The Morgan fingerprint density at radius 2 is 2.08 bits per heavy atom. The number of rotatable bonds is 6. The van der Waals surface area contributed by atoms with Gasteiger partial charge in [-0.05, 0) is 19.8 Å². The van der Waals surface area contributed by atoms with Crippen LogP contribution in [0.3, 0.4) is 0 Å². The molecule has 0 atom stereocenters. The van der Waals surface area contributed by atoms with Gasteiger partial charge in [-0.15, -0.1) is 0 Å². The number of ether oxygens (including phenoxy) is 1. The van der Waals surface area contributed by atoms with E-state index in [-0.39, 0.29) is 5.91 Å². The van der Waals surface area contributed by atoms with Gasteiger partial charge < -0.3 is 9.64 Å². The van der Waals surface area contributed by atoms with Gasteiger partial charge in [0.15, 0.2) is 0 Å². The van der Waals surface area contributed by atoms with Crippen LogP contribution < -0.4 is 0 Å². The van der Waals surface area contributed by atoms with Gasteiger partial charge in [0.2, 0.25) is 5.91 Å². The van der Waals surface area contributed by atoms with E-state index in [2.05, 4.69) is 0 Å². The van der Waals surface area contributed by atoms with E-state index in [0.717, 1.165) is 32.6 Å². The van der Waals surface area contributed by atoms with Crippen molar-refractivity contribution >= 4 is 5.91 Å². The molecule has 3 nitrogen and oxygen atoms in total. The van der Waals surface area contributed by atoms with Crippen LogP contribution in [0.25, 0.3) is 0 Å². The number of carbonyl (C=O) groups excluding carboxylic acids is 1. The van der Waals surface area contributed by atoms with Gasteiger partial charge in [-0.3, -0.25) is 4.79 Å². The van der Waals surface area contributed by atoms with Crippen LogP contribution in [0.5, 0.6) is 0 Å². The van der Waals surface area contributed by atoms with Crippen LogP contribution in [-0.2, 0) is 9.53 Å². The van der Waals surface area contributed by atoms with E-state index in [1.165, 1.54) is 0 Å². The SMILES string of the molecule is CCOCCCCN(C)C(C)=O. The maximum atomic E-state index is 10.8. The van der Waals surface area contributed by atoms with Crippen molar-refractivity contribution in [3.05, 3.63) is 0 Å². The van der Waals surface area contributed by atoms with Crippen LogP contribution in [0.1, 0.15) is 26.7 Å². The van der Waals surface area contributed by atoms with Crippen LogP contribution in [0, 0.1) is 0 Å². The van der Waals surface area contributed by atoms with Crippen LogP contribution in [0.2, 0.25) is 0 Å². The summed E-state index contributed by atoms with van der Waals surface area (Å²) >= 11 is 0. The lowest BCUT2D eigenvalue weighted by atomic mass is 10.3. The molecule has 72 valence electrons. The van der Waals surface area contributed by atoms with Gasteiger partial charge in [0.05, 0.1) is 0 Å². The highest BCUT2D eigenvalue weighted by atomic mass is 16.5. The minimum Gasteiger partial charge on any atom is -0.382 e. The number of hydrogen-bond donors (Lipinski definition) is 0. The average molecular weight is 173 g/mol. The first-order valence-electron chi connectivity index (χ1n) is 4.48. The van der Waals surface area contributed by atoms with Crippen molar-refractivity contribution < 1.29 is 9.53 Å². The third kappa shape index (κ3) is 6.16. The summed E-state index contributed by atoms with van der Waals surface area (Å²) in [6, 6.07) is 0. The number of carbonyl (C=O) groups is 1. The second-order valence-corrected chi connectivity index (χ2v) is 2.84. The van der Waals surface area contributed by atoms with Crippen molar-refractivity contribution in [2.24, 2.45) is 0 Å². The molecule has 0 N–H and O–H groups in total. The molecule has 0 fully saturated rings. The Balaban J connectivity index is 3.14. The third-order valence-electron chi connectivity index (χ3n) is 1.77. The van der Waals surface area contributed by atoms with E-state index >= 15 is 0 Å². The lowest BCUT2D eigenvalue weighted by molar-refractivity contribution is -0.127. The van der Waals surface area contributed by atoms with Crippen molar-refractivity contribution in [3.8, 4) is 0 Å². The summed E-state index contributed by atoms with van der Waals surface area (Å²) in [6.07, 6.45) is 2.06. The molecular formula is C9H19NO2. The summed E-state index contributed by atoms with van der Waals surface area (Å²) in [5.74, 6) is 0.131. The average Bonchev–Trinajstić information content (AvgIpc) is 2.03. The van der Waals surface area contributed by atoms with E-state index < -0.39 is 0 Å². The number of nitrogens with zero attached hydrogens (tertiary/aromatic N) is 1. The molecule has 0 spiro atoms. The second-order valence-electron chi connectivity index (χ2n) is 2.84. The smallest absolute Gasteiger partial charge is 0.219 e. The zero-order valence-corrected chi connectivity index (χ0v) is 8.30. The topological polar surface area (TPSA) is 29.5 Å². The van der Waals surface area contributed by atoms with E-state index in [4.69, 9.17) is 4.74 Å². The van der Waals surface area contributed by atoms with Gasteiger partial charge in [-0.1, -0.05) is 0 Å². The Hall–Kier alpha value is -0.570. The minimum absolute atomic E-state index is 0.131. The van der Waals surface area contributed by atoms with Crippen LogP contribution in [0.4, 0.5) is 0 Å². The molecule has 1 amide bonds. The van der Waals surface area contributed by atoms with Gasteiger partial charge >= 0.3 is 0 Å². The first kappa shape index (κ1) is 11.4. The molecule has 0 rings (SSSR count). The Morgan fingerprint density at radius 1 is 1.42 bits per heavy atom. The molecule has 3 heteroatoms. The van der Waals surface area contributed by atoms with Gasteiger partial charge in [0.1, 0.15) is 0 Å². The molecule has 0 saturated heterocycles. The Labute approximate surface area is 74.7 Å². The fourth-order valence-corrected chi connectivity index (χ4v) is 0.855. The Morgan fingerprint density at radius 3 is 2.58 bits per heavy atom. The van der Waals surface area contributed by atoms with Gasteiger partial charge in [-0.2, -0.15) is 0 Å². The summed E-state index contributed by atoms with van der Waals surface area (Å²) in [7, 11) is 1.82. The molecule has 0 aromatic carbocycles. The molecule has 0 aliphatic heterocycles. The predicted molar refractivity (Wildman–Crippen MR) is 49.0 cm³/mol. The standard InChI is InChI=1S/C9H19NO2/c1-4-12-8-6-5-7-10(3)9(2)11/h4-8H2,1-3H3. The summed E-state index contributed by atoms with van der Waals surface area (Å²) in [5, 5.41) is 0. The zero-order valence-electron chi connectivity index (χ0n) is 8.30. The molecular weight excluding hydrogens is 154 g/mol. The highest BCUT2D eigenvalue weighted by Gasteiger charge is 1.99. The van der Waals surface area contributed by atoms with Crippen molar-refractivity contribution in [2.45, 2.75) is 26.7 Å². The van der Waals surface area contributed by atoms with E-state index in [1.54, 1.807) is 11.8 Å². The Kier molecular flexibility index (Phi) is 6.76. The lowest BCUT2D eigenvalue weighted by Gasteiger charge is -2.13. The molecule has 0 radical (unpaired) electrons. The quantitative estimate of drug-likeness (QED) is 0.566. The maximum absolute atomic E-state index is 10.8. The van der Waals surface area contributed by atoms with E-state index in [9.17, 15) is 4.79 Å². The molecule has 12 heavy (non-hydrogen) atoms. The normalized spacial score (nSPS) is 9.92.